The van der Waals surface area contributed by atoms with Crippen molar-refractivity contribution >= 4 is 5.97 Å². The van der Waals surface area contributed by atoms with Crippen LogP contribution < -0.4 is 5.32 Å². The van der Waals surface area contributed by atoms with Gasteiger partial charge in [0.05, 0.1) is 7.11 Å². The average molecular weight is 286 g/mol. The van der Waals surface area contributed by atoms with Crippen molar-refractivity contribution in [2.45, 2.75) is 12.5 Å². The molecule has 1 N–H and O–H groups in total. The number of carbonyl (C=O) groups is 1. The van der Waals surface area contributed by atoms with Gasteiger partial charge < -0.3 is 9.64 Å². The number of esters is 1. The second-order valence-electron chi connectivity index (χ2n) is 4.68. The van der Waals surface area contributed by atoms with Crippen LogP contribution in [-0.2, 0) is 9.53 Å². The van der Waals surface area contributed by atoms with E-state index in [-0.39, 0.29) is 5.56 Å². The predicted octanol–water partition coefficient (Wildman–Crippen LogP) is 1.99. The van der Waals surface area contributed by atoms with Crippen molar-refractivity contribution in [2.24, 2.45) is 0 Å². The summed E-state index contributed by atoms with van der Waals surface area (Å²) in [6.45, 7) is 1.34. The van der Waals surface area contributed by atoms with Gasteiger partial charge in [0.15, 0.2) is 0 Å². The lowest BCUT2D eigenvalue weighted by Crippen LogP contribution is -2.34. The van der Waals surface area contributed by atoms with Crippen molar-refractivity contribution in [1.82, 2.24) is 10.2 Å². The second kappa shape index (κ2) is 7.91. The number of benzene rings is 1. The Balaban J connectivity index is 2.79. The lowest BCUT2D eigenvalue weighted by atomic mass is 10.0. The molecule has 0 heterocycles. The third-order valence-electron chi connectivity index (χ3n) is 2.87. The van der Waals surface area contributed by atoms with Crippen molar-refractivity contribution < 1.29 is 18.3 Å². The Labute approximate surface area is 117 Å². The summed E-state index contributed by atoms with van der Waals surface area (Å²) < 4.78 is 29.7. The summed E-state index contributed by atoms with van der Waals surface area (Å²) in [4.78, 5) is 13.7. The number of hydrogen-bond acceptors (Lipinski definition) is 4. The van der Waals surface area contributed by atoms with Crippen molar-refractivity contribution in [3.63, 3.8) is 0 Å². The highest BCUT2D eigenvalue weighted by molar-refractivity contribution is 5.77. The van der Waals surface area contributed by atoms with Crippen LogP contribution in [0.2, 0.25) is 0 Å². The number of ether oxygens (including phenoxy) is 1. The van der Waals surface area contributed by atoms with Gasteiger partial charge in [0.1, 0.15) is 6.04 Å². The molecule has 1 rings (SSSR count). The van der Waals surface area contributed by atoms with Crippen LogP contribution in [0, 0.1) is 0 Å². The first-order valence-electron chi connectivity index (χ1n) is 6.29. The maximum atomic E-state index is 12.5. The molecule has 112 valence electrons. The molecule has 1 atom stereocenters. The van der Waals surface area contributed by atoms with E-state index in [1.807, 2.05) is 19.0 Å². The molecule has 0 radical (unpaired) electrons. The van der Waals surface area contributed by atoms with E-state index < -0.39 is 18.4 Å². The summed E-state index contributed by atoms with van der Waals surface area (Å²) in [6, 6.07) is 5.04. The molecule has 0 amide bonds. The van der Waals surface area contributed by atoms with E-state index in [0.717, 1.165) is 6.54 Å². The molecule has 0 saturated carbocycles. The van der Waals surface area contributed by atoms with Gasteiger partial charge in [-0.05, 0) is 19.7 Å². The lowest BCUT2D eigenvalue weighted by Gasteiger charge is -2.18. The molecule has 20 heavy (non-hydrogen) atoms. The van der Waals surface area contributed by atoms with Crippen LogP contribution in [0.25, 0.3) is 0 Å². The van der Waals surface area contributed by atoms with Gasteiger partial charge in [-0.2, -0.15) is 0 Å². The maximum Gasteiger partial charge on any atom is 0.327 e. The Bertz CT molecular complexity index is 422. The topological polar surface area (TPSA) is 41.6 Å². The number of nitrogens with one attached hydrogen (secondary N) is 1. The fourth-order valence-corrected chi connectivity index (χ4v) is 1.72. The number of likely N-dealkylation sites (N-methyl/N-ethyl adjacent to an activating group) is 1. The molecule has 0 bridgehead atoms. The number of rotatable bonds is 7. The highest BCUT2D eigenvalue weighted by Gasteiger charge is 2.21. The second-order valence-corrected chi connectivity index (χ2v) is 4.68. The fraction of sp³-hybridized carbons (Fsp3) is 0.500. The van der Waals surface area contributed by atoms with Gasteiger partial charge in [-0.25, -0.2) is 13.6 Å². The number of alkyl halides is 2. The van der Waals surface area contributed by atoms with Gasteiger partial charge >= 0.3 is 5.97 Å². The standard InChI is InChI=1S/C14H20F2N2O2/c1-18(2)9-8-17-12(14(19)20-3)10-4-6-11(7-5-10)13(15)16/h4-7,12-13,17H,8-9H2,1-3H3. The van der Waals surface area contributed by atoms with Gasteiger partial charge in [0.25, 0.3) is 6.43 Å². The molecule has 4 nitrogen and oxygen atoms in total. The molecule has 0 aliphatic heterocycles. The Morgan fingerprint density at radius 3 is 2.25 bits per heavy atom. The minimum atomic E-state index is -2.51. The SMILES string of the molecule is COC(=O)C(NCCN(C)C)c1ccc(C(F)F)cc1. The highest BCUT2D eigenvalue weighted by Crippen LogP contribution is 2.21. The van der Waals surface area contributed by atoms with Crippen molar-refractivity contribution in [3.05, 3.63) is 35.4 Å². The van der Waals surface area contributed by atoms with Crippen LogP contribution in [0.1, 0.15) is 23.6 Å². The van der Waals surface area contributed by atoms with Crippen molar-refractivity contribution in [2.75, 3.05) is 34.3 Å². The summed E-state index contributed by atoms with van der Waals surface area (Å²) in [5.74, 6) is -0.437. The van der Waals surface area contributed by atoms with Crippen LogP contribution in [0.3, 0.4) is 0 Å². The predicted molar refractivity (Wildman–Crippen MR) is 72.7 cm³/mol. The molecule has 1 unspecified atom stereocenters. The average Bonchev–Trinajstić information content (AvgIpc) is 2.42. The summed E-state index contributed by atoms with van der Waals surface area (Å²) in [7, 11) is 5.15. The Kier molecular flexibility index (Phi) is 6.54. The molecule has 0 aliphatic carbocycles. The van der Waals surface area contributed by atoms with Gasteiger partial charge in [0.2, 0.25) is 0 Å². The van der Waals surface area contributed by atoms with Gasteiger partial charge in [0, 0.05) is 18.7 Å². The monoisotopic (exact) mass is 286 g/mol. The number of methoxy groups -OCH3 is 1. The molecule has 0 aromatic heterocycles. The van der Waals surface area contributed by atoms with E-state index in [1.165, 1.54) is 31.4 Å². The lowest BCUT2D eigenvalue weighted by molar-refractivity contribution is -0.143. The van der Waals surface area contributed by atoms with Gasteiger partial charge in [-0.3, -0.25) is 5.32 Å². The Morgan fingerprint density at radius 1 is 1.25 bits per heavy atom. The zero-order valence-corrected chi connectivity index (χ0v) is 11.9. The first kappa shape index (κ1) is 16.5. The van der Waals surface area contributed by atoms with E-state index in [9.17, 15) is 13.6 Å². The van der Waals surface area contributed by atoms with E-state index in [0.29, 0.717) is 12.1 Å². The molecule has 6 heteroatoms. The molecule has 0 spiro atoms. The quantitative estimate of drug-likeness (QED) is 0.778. The third kappa shape index (κ3) is 4.86. The van der Waals surface area contributed by atoms with Crippen LogP contribution in [0.4, 0.5) is 8.78 Å². The van der Waals surface area contributed by atoms with Crippen LogP contribution in [-0.4, -0.2) is 45.2 Å². The van der Waals surface area contributed by atoms with Crippen LogP contribution in [0.5, 0.6) is 0 Å². The Hall–Kier alpha value is -1.53. The molecule has 0 saturated heterocycles. The zero-order chi connectivity index (χ0) is 15.1. The molecular weight excluding hydrogens is 266 g/mol. The van der Waals surface area contributed by atoms with E-state index >= 15 is 0 Å². The van der Waals surface area contributed by atoms with Crippen LogP contribution in [0.15, 0.2) is 24.3 Å². The molecule has 0 aliphatic rings. The van der Waals surface area contributed by atoms with E-state index in [2.05, 4.69) is 5.32 Å². The minimum Gasteiger partial charge on any atom is -0.468 e. The number of hydrogen-bond donors (Lipinski definition) is 1. The summed E-state index contributed by atoms with van der Waals surface area (Å²) in [6.07, 6.45) is -2.51. The number of carbonyl (C=O) groups excluding carboxylic acids is 1. The largest absolute Gasteiger partial charge is 0.468 e. The normalized spacial score (nSPS) is 12.8. The Morgan fingerprint density at radius 2 is 1.80 bits per heavy atom. The molecule has 0 fully saturated rings. The zero-order valence-electron chi connectivity index (χ0n) is 11.9. The highest BCUT2D eigenvalue weighted by atomic mass is 19.3. The smallest absolute Gasteiger partial charge is 0.327 e. The molecule has 1 aromatic carbocycles. The van der Waals surface area contributed by atoms with Crippen molar-refractivity contribution in [1.29, 1.82) is 0 Å². The molecule has 1 aromatic rings. The van der Waals surface area contributed by atoms with Gasteiger partial charge in [-0.1, -0.05) is 24.3 Å². The van der Waals surface area contributed by atoms with E-state index in [1.54, 1.807) is 0 Å². The summed E-state index contributed by atoms with van der Waals surface area (Å²) in [5.41, 5.74) is 0.547. The van der Waals surface area contributed by atoms with E-state index in [4.69, 9.17) is 4.74 Å². The number of nitrogens with zero attached hydrogens (tertiary/aromatic N) is 1. The summed E-state index contributed by atoms with van der Waals surface area (Å²) in [5, 5.41) is 3.06. The van der Waals surface area contributed by atoms with Gasteiger partial charge in [-0.15, -0.1) is 0 Å². The van der Waals surface area contributed by atoms with Crippen molar-refractivity contribution in [3.8, 4) is 0 Å². The maximum absolute atomic E-state index is 12.5. The molecular formula is C14H20F2N2O2. The van der Waals surface area contributed by atoms with Crippen LogP contribution >= 0.6 is 0 Å². The number of halogens is 2. The fourth-order valence-electron chi connectivity index (χ4n) is 1.72. The summed E-state index contributed by atoms with van der Waals surface area (Å²) >= 11 is 0. The minimum absolute atomic E-state index is 0.0642. The third-order valence-corrected chi connectivity index (χ3v) is 2.87. The first-order chi connectivity index (χ1) is 9.45. The first-order valence-corrected chi connectivity index (χ1v) is 6.29.